The number of thiazole rings is 1. The number of halogens is 1. The van der Waals surface area contributed by atoms with E-state index in [9.17, 15) is 4.79 Å². The molecule has 2 aromatic carbocycles. The second kappa shape index (κ2) is 6.25. The maximum atomic E-state index is 13.0. The van der Waals surface area contributed by atoms with Crippen molar-refractivity contribution in [3.05, 3.63) is 58.4 Å². The zero-order valence-corrected chi connectivity index (χ0v) is 15.8. The van der Waals surface area contributed by atoms with Crippen molar-refractivity contribution in [3.8, 4) is 22.8 Å². The van der Waals surface area contributed by atoms with Gasteiger partial charge in [-0.15, -0.1) is 11.3 Å². The Bertz CT molecular complexity index is 1030. The highest BCUT2D eigenvalue weighted by molar-refractivity contribution is 7.14. The Morgan fingerprint density at radius 3 is 2.67 bits per heavy atom. The van der Waals surface area contributed by atoms with Gasteiger partial charge in [-0.1, -0.05) is 29.8 Å². The quantitative estimate of drug-likeness (QED) is 0.681. The van der Waals surface area contributed by atoms with Crippen LogP contribution in [0.25, 0.3) is 11.3 Å². The number of hydrogen-bond donors (Lipinski definition) is 1. The molecule has 3 aromatic rings. The lowest BCUT2D eigenvalue weighted by Crippen LogP contribution is -2.27. The zero-order valence-electron chi connectivity index (χ0n) is 14.2. The molecule has 1 aliphatic heterocycles. The highest BCUT2D eigenvalue weighted by Gasteiger charge is 2.52. The van der Waals surface area contributed by atoms with Crippen LogP contribution < -0.4 is 14.8 Å². The molecule has 1 fully saturated rings. The van der Waals surface area contributed by atoms with Gasteiger partial charge in [-0.25, -0.2) is 4.98 Å². The minimum atomic E-state index is -0.507. The fraction of sp³-hybridized carbons (Fsp3) is 0.200. The number of hydrogen-bond acceptors (Lipinski definition) is 5. The highest BCUT2D eigenvalue weighted by Crippen LogP contribution is 2.51. The molecule has 1 aliphatic carbocycles. The molecule has 0 atom stereocenters. The number of fused-ring (bicyclic) bond motifs is 1. The molecule has 0 saturated heterocycles. The van der Waals surface area contributed by atoms with Gasteiger partial charge in [0.1, 0.15) is 0 Å². The minimum Gasteiger partial charge on any atom is -0.454 e. The predicted molar refractivity (Wildman–Crippen MR) is 105 cm³/mol. The van der Waals surface area contributed by atoms with Crippen LogP contribution in [-0.4, -0.2) is 17.7 Å². The Labute approximate surface area is 164 Å². The summed E-state index contributed by atoms with van der Waals surface area (Å²) in [6, 6.07) is 13.2. The average molecular weight is 399 g/mol. The van der Waals surface area contributed by atoms with Crippen LogP contribution in [0.1, 0.15) is 18.4 Å². The summed E-state index contributed by atoms with van der Waals surface area (Å²) in [7, 11) is 0. The maximum absolute atomic E-state index is 13.0. The lowest BCUT2D eigenvalue weighted by Gasteiger charge is -2.15. The van der Waals surface area contributed by atoms with Crippen LogP contribution in [-0.2, 0) is 10.2 Å². The third kappa shape index (κ3) is 2.95. The van der Waals surface area contributed by atoms with E-state index in [1.54, 1.807) is 0 Å². The van der Waals surface area contributed by atoms with Gasteiger partial charge in [-0.3, -0.25) is 4.79 Å². The van der Waals surface area contributed by atoms with Crippen LogP contribution in [0, 0.1) is 0 Å². The largest absolute Gasteiger partial charge is 0.454 e. The number of carbonyl (C=O) groups excluding carboxylic acids is 1. The number of ether oxygens (including phenoxy) is 2. The number of rotatable bonds is 4. The van der Waals surface area contributed by atoms with Crippen molar-refractivity contribution in [2.75, 3.05) is 12.1 Å². The lowest BCUT2D eigenvalue weighted by molar-refractivity contribution is -0.118. The molecule has 5 nitrogen and oxygen atoms in total. The molecule has 27 heavy (non-hydrogen) atoms. The third-order valence-electron chi connectivity index (χ3n) is 4.97. The Hall–Kier alpha value is -2.57. The van der Waals surface area contributed by atoms with E-state index < -0.39 is 5.41 Å². The normalized spacial score (nSPS) is 16.2. The van der Waals surface area contributed by atoms with Crippen molar-refractivity contribution in [2.24, 2.45) is 0 Å². The second-order valence-electron chi connectivity index (χ2n) is 6.65. The number of anilines is 1. The number of aromatic nitrogens is 1. The van der Waals surface area contributed by atoms with E-state index in [2.05, 4.69) is 10.3 Å². The first kappa shape index (κ1) is 16.6. The molecule has 136 valence electrons. The average Bonchev–Trinajstić information content (AvgIpc) is 3.14. The fourth-order valence-electron chi connectivity index (χ4n) is 3.27. The van der Waals surface area contributed by atoms with Gasteiger partial charge < -0.3 is 14.8 Å². The van der Waals surface area contributed by atoms with Gasteiger partial charge >= 0.3 is 0 Å². The molecule has 0 radical (unpaired) electrons. The first-order chi connectivity index (χ1) is 13.1. The SMILES string of the molecule is O=C(Nc1nc(-c2ccc(Cl)cc2)cs1)C1(c2ccc3c(c2)OCO3)CC1. The van der Waals surface area contributed by atoms with Gasteiger partial charge in [0.2, 0.25) is 12.7 Å². The predicted octanol–water partition coefficient (Wildman–Crippen LogP) is 4.86. The molecule has 1 amide bonds. The van der Waals surface area contributed by atoms with Crippen LogP contribution in [0.5, 0.6) is 11.5 Å². The summed E-state index contributed by atoms with van der Waals surface area (Å²) >= 11 is 7.35. The Balaban J connectivity index is 1.35. The standard InChI is InChI=1S/C20H15ClN2O3S/c21-14-4-1-12(2-5-14)15-10-27-19(22-15)23-18(24)20(7-8-20)13-3-6-16-17(9-13)26-11-25-16/h1-6,9-10H,7-8,11H2,(H,22,23,24). The summed E-state index contributed by atoms with van der Waals surface area (Å²) < 4.78 is 10.8. The van der Waals surface area contributed by atoms with Gasteiger partial charge in [-0.2, -0.15) is 0 Å². The summed E-state index contributed by atoms with van der Waals surface area (Å²) in [6.45, 7) is 0.227. The van der Waals surface area contributed by atoms with Crippen LogP contribution in [0.15, 0.2) is 47.8 Å². The van der Waals surface area contributed by atoms with Crippen molar-refractivity contribution < 1.29 is 14.3 Å². The van der Waals surface area contributed by atoms with E-state index in [1.807, 2.05) is 47.8 Å². The molecular weight excluding hydrogens is 384 g/mol. The molecule has 1 saturated carbocycles. The van der Waals surface area contributed by atoms with Gasteiger partial charge in [0, 0.05) is 16.0 Å². The van der Waals surface area contributed by atoms with E-state index in [0.717, 1.165) is 35.4 Å². The fourth-order valence-corrected chi connectivity index (χ4v) is 4.11. The first-order valence-corrected chi connectivity index (χ1v) is 9.83. The molecule has 2 aliphatic rings. The third-order valence-corrected chi connectivity index (χ3v) is 5.98. The lowest BCUT2D eigenvalue weighted by atomic mass is 9.94. The van der Waals surface area contributed by atoms with Crippen LogP contribution in [0.4, 0.5) is 5.13 Å². The first-order valence-electron chi connectivity index (χ1n) is 8.57. The van der Waals surface area contributed by atoms with Gasteiger partial charge in [0.15, 0.2) is 16.6 Å². The van der Waals surface area contributed by atoms with Gasteiger partial charge in [0.05, 0.1) is 11.1 Å². The van der Waals surface area contributed by atoms with Crippen LogP contribution in [0.2, 0.25) is 5.02 Å². The summed E-state index contributed by atoms with van der Waals surface area (Å²) in [5, 5.41) is 6.19. The minimum absolute atomic E-state index is 0.0293. The van der Waals surface area contributed by atoms with Gasteiger partial charge in [0.25, 0.3) is 0 Å². The van der Waals surface area contributed by atoms with Crippen LogP contribution >= 0.6 is 22.9 Å². The molecule has 5 rings (SSSR count). The smallest absolute Gasteiger partial charge is 0.236 e. The molecule has 0 bridgehead atoms. The summed E-state index contributed by atoms with van der Waals surface area (Å²) in [6.07, 6.45) is 1.63. The molecular formula is C20H15ClN2O3S. The van der Waals surface area contributed by atoms with E-state index in [0.29, 0.717) is 15.9 Å². The Morgan fingerprint density at radius 2 is 1.89 bits per heavy atom. The number of carbonyl (C=O) groups is 1. The van der Waals surface area contributed by atoms with Gasteiger partial charge in [-0.05, 0) is 42.7 Å². The Morgan fingerprint density at radius 1 is 1.11 bits per heavy atom. The van der Waals surface area contributed by atoms with Crippen molar-refractivity contribution >= 4 is 34.0 Å². The molecule has 1 aromatic heterocycles. The number of nitrogens with zero attached hydrogens (tertiary/aromatic N) is 1. The summed E-state index contributed by atoms with van der Waals surface area (Å²) in [5.41, 5.74) is 2.24. The topological polar surface area (TPSA) is 60.5 Å². The number of amides is 1. The molecule has 7 heteroatoms. The molecule has 2 heterocycles. The Kier molecular flexibility index (Phi) is 3.84. The summed E-state index contributed by atoms with van der Waals surface area (Å²) in [4.78, 5) is 17.5. The van der Waals surface area contributed by atoms with Crippen molar-refractivity contribution in [1.29, 1.82) is 0 Å². The molecule has 0 unspecified atom stereocenters. The second-order valence-corrected chi connectivity index (χ2v) is 7.94. The van der Waals surface area contributed by atoms with E-state index >= 15 is 0 Å². The molecule has 0 spiro atoms. The van der Waals surface area contributed by atoms with E-state index in [1.165, 1.54) is 11.3 Å². The van der Waals surface area contributed by atoms with Crippen molar-refractivity contribution in [2.45, 2.75) is 18.3 Å². The molecule has 1 N–H and O–H groups in total. The highest BCUT2D eigenvalue weighted by atomic mass is 35.5. The van der Waals surface area contributed by atoms with Crippen molar-refractivity contribution in [3.63, 3.8) is 0 Å². The van der Waals surface area contributed by atoms with Crippen molar-refractivity contribution in [1.82, 2.24) is 4.98 Å². The van der Waals surface area contributed by atoms with E-state index in [-0.39, 0.29) is 12.7 Å². The number of nitrogens with one attached hydrogen (secondary N) is 1. The van der Waals surface area contributed by atoms with E-state index in [4.69, 9.17) is 21.1 Å². The zero-order chi connectivity index (χ0) is 18.4. The van der Waals surface area contributed by atoms with Crippen LogP contribution in [0.3, 0.4) is 0 Å². The monoisotopic (exact) mass is 398 g/mol. The summed E-state index contributed by atoms with van der Waals surface area (Å²) in [5.74, 6) is 1.40. The maximum Gasteiger partial charge on any atom is 0.236 e. The number of benzene rings is 2.